The third kappa shape index (κ3) is 3.52. The van der Waals surface area contributed by atoms with Gasteiger partial charge in [-0.25, -0.2) is 9.37 Å². The highest BCUT2D eigenvalue weighted by Crippen LogP contribution is 2.40. The number of H-pyrrole nitrogens is 1. The first kappa shape index (κ1) is 20.0. The first-order chi connectivity index (χ1) is 14.4. The van der Waals surface area contributed by atoms with Crippen molar-refractivity contribution in [3.8, 4) is 6.01 Å². The molecule has 2 fully saturated rings. The van der Waals surface area contributed by atoms with Gasteiger partial charge in [0.05, 0.1) is 23.8 Å². The smallest absolute Gasteiger partial charge is 0.296 e. The summed E-state index contributed by atoms with van der Waals surface area (Å²) in [6, 6.07) is 1.88. The van der Waals surface area contributed by atoms with E-state index in [9.17, 15) is 9.50 Å². The zero-order chi connectivity index (χ0) is 20.9. The number of ether oxygens (including phenoxy) is 3. The fraction of sp³-hybridized carbons (Fsp3) is 0.579. The van der Waals surface area contributed by atoms with Crippen molar-refractivity contribution in [2.24, 2.45) is 0 Å². The van der Waals surface area contributed by atoms with Gasteiger partial charge in [0.25, 0.3) is 11.9 Å². The lowest BCUT2D eigenvalue weighted by Gasteiger charge is -2.22. The van der Waals surface area contributed by atoms with Crippen LogP contribution in [-0.4, -0.2) is 89.0 Å². The summed E-state index contributed by atoms with van der Waals surface area (Å²) in [6.45, 7) is 2.43. The summed E-state index contributed by atoms with van der Waals surface area (Å²) < 4.78 is 30.8. The van der Waals surface area contributed by atoms with Crippen LogP contribution in [0.5, 0.6) is 6.01 Å². The van der Waals surface area contributed by atoms with E-state index < -0.39 is 24.2 Å². The summed E-state index contributed by atoms with van der Waals surface area (Å²) in [5, 5.41) is 13.5. The highest BCUT2D eigenvalue weighted by atomic mass is 35.5. The fourth-order valence-corrected chi connectivity index (χ4v) is 4.15. The number of hydrogen-bond donors (Lipinski definition) is 3. The van der Waals surface area contributed by atoms with E-state index in [1.165, 1.54) is 5.57 Å². The van der Waals surface area contributed by atoms with Gasteiger partial charge in [-0.15, -0.1) is 0 Å². The maximum absolute atomic E-state index is 14.7. The number of pyridine rings is 1. The molecule has 4 atom stereocenters. The molecule has 3 N–H and O–H groups in total. The lowest BCUT2D eigenvalue weighted by atomic mass is 10.1. The molecule has 2 saturated heterocycles. The summed E-state index contributed by atoms with van der Waals surface area (Å²) >= 11 is 6.37. The lowest BCUT2D eigenvalue weighted by molar-refractivity contribution is -0.169. The van der Waals surface area contributed by atoms with Crippen molar-refractivity contribution in [3.63, 3.8) is 0 Å². The molecule has 0 amide bonds. The Kier molecular flexibility index (Phi) is 5.06. The van der Waals surface area contributed by atoms with Crippen LogP contribution in [0.25, 0.3) is 11.2 Å². The molecule has 2 aromatic rings. The SMILES string of the molecule is CN1CC=C(CNc2nc3nc(O[C@@H]4CO[C@]5(F)[C@H](O)CO[C@H]45)[nH]c3cc2Cl)CC1. The molecule has 9 nitrogen and oxygen atoms in total. The van der Waals surface area contributed by atoms with E-state index in [2.05, 4.69) is 38.3 Å². The van der Waals surface area contributed by atoms with Crippen LogP contribution in [0.4, 0.5) is 10.2 Å². The number of hydrogen-bond acceptors (Lipinski definition) is 8. The van der Waals surface area contributed by atoms with Crippen LogP contribution in [-0.2, 0) is 9.47 Å². The standard InChI is InChI=1S/C19H23ClFN5O4/c1-26-4-2-10(3-5-26)7-22-16-11(20)6-12-17(24-16)25-18(23-12)30-13-8-29-19(21)14(27)9-28-15(13)19/h2,6,13-15,27H,3-5,7-9H2,1H3,(H2,22,23,24,25)/t13-,14-,15-,19-/m1/s1. The van der Waals surface area contributed by atoms with E-state index in [-0.39, 0.29) is 19.2 Å². The van der Waals surface area contributed by atoms with E-state index in [0.717, 1.165) is 19.5 Å². The number of fused-ring (bicyclic) bond motifs is 2. The van der Waals surface area contributed by atoms with E-state index in [1.54, 1.807) is 6.07 Å². The molecule has 0 saturated carbocycles. The third-order valence-corrected chi connectivity index (χ3v) is 6.03. The summed E-state index contributed by atoms with van der Waals surface area (Å²) in [7, 11) is 2.09. The number of aromatic amines is 1. The van der Waals surface area contributed by atoms with Gasteiger partial charge >= 0.3 is 0 Å². The Hall–Kier alpha value is -1.98. The zero-order valence-electron chi connectivity index (χ0n) is 16.4. The molecule has 5 rings (SSSR count). The number of aliphatic hydroxyl groups is 1. The van der Waals surface area contributed by atoms with Crippen LogP contribution in [0.2, 0.25) is 5.02 Å². The second kappa shape index (κ2) is 7.61. The van der Waals surface area contributed by atoms with Crippen molar-refractivity contribution in [2.75, 3.05) is 45.2 Å². The summed E-state index contributed by atoms with van der Waals surface area (Å²) in [5.74, 6) is -1.71. The molecule has 0 aliphatic carbocycles. The van der Waals surface area contributed by atoms with Crippen molar-refractivity contribution in [1.82, 2.24) is 19.9 Å². The van der Waals surface area contributed by atoms with Gasteiger partial charge in [0, 0.05) is 19.6 Å². The Morgan fingerprint density at radius 1 is 1.47 bits per heavy atom. The van der Waals surface area contributed by atoms with Crippen molar-refractivity contribution in [2.45, 2.75) is 30.6 Å². The van der Waals surface area contributed by atoms with E-state index in [1.807, 2.05) is 0 Å². The maximum Gasteiger partial charge on any atom is 0.296 e. The van der Waals surface area contributed by atoms with Crippen molar-refractivity contribution in [1.29, 1.82) is 0 Å². The van der Waals surface area contributed by atoms with Gasteiger partial charge in [0.1, 0.15) is 11.9 Å². The Balaban J connectivity index is 1.29. The summed E-state index contributed by atoms with van der Waals surface area (Å²) in [4.78, 5) is 14.1. The molecule has 11 heteroatoms. The molecule has 162 valence electrons. The number of aromatic nitrogens is 3. The van der Waals surface area contributed by atoms with Crippen LogP contribution in [0, 0.1) is 0 Å². The number of alkyl halides is 1. The normalized spacial score (nSPS) is 31.7. The van der Waals surface area contributed by atoms with Crippen LogP contribution >= 0.6 is 11.6 Å². The van der Waals surface area contributed by atoms with Gasteiger partial charge in [0.2, 0.25) is 0 Å². The quantitative estimate of drug-likeness (QED) is 0.602. The number of aliphatic hydroxyl groups excluding tert-OH is 1. The molecular weight excluding hydrogens is 417 g/mol. The van der Waals surface area contributed by atoms with Crippen LogP contribution in [0.15, 0.2) is 17.7 Å². The molecule has 0 radical (unpaired) electrons. The average molecular weight is 440 g/mol. The largest absolute Gasteiger partial charge is 0.456 e. The molecule has 0 spiro atoms. The minimum absolute atomic E-state index is 0.0550. The van der Waals surface area contributed by atoms with Crippen molar-refractivity contribution >= 4 is 28.6 Å². The van der Waals surface area contributed by atoms with E-state index in [4.69, 9.17) is 25.8 Å². The first-order valence-corrected chi connectivity index (χ1v) is 10.3. The Bertz CT molecular complexity index is 987. The van der Waals surface area contributed by atoms with Crippen LogP contribution < -0.4 is 10.1 Å². The molecular formula is C19H23ClFN5O4. The predicted octanol–water partition coefficient (Wildman–Crippen LogP) is 1.49. The second-order valence-corrected chi connectivity index (χ2v) is 8.30. The van der Waals surface area contributed by atoms with Gasteiger partial charge in [-0.1, -0.05) is 23.3 Å². The minimum atomic E-state index is -2.25. The molecule has 3 aliphatic rings. The summed E-state index contributed by atoms with van der Waals surface area (Å²) in [5.41, 5.74) is 2.33. The molecule has 0 aromatic carbocycles. The van der Waals surface area contributed by atoms with Gasteiger partial charge in [0.15, 0.2) is 17.9 Å². The highest BCUT2D eigenvalue weighted by Gasteiger charge is 2.62. The number of imidazole rings is 1. The third-order valence-electron chi connectivity index (χ3n) is 5.74. The Morgan fingerprint density at radius 3 is 3.13 bits per heavy atom. The molecule has 2 aromatic heterocycles. The van der Waals surface area contributed by atoms with Crippen molar-refractivity contribution < 1.29 is 23.7 Å². The Labute approximate surface area is 177 Å². The average Bonchev–Trinajstić information content (AvgIpc) is 3.35. The maximum atomic E-state index is 14.7. The number of nitrogens with zero attached hydrogens (tertiary/aromatic N) is 3. The monoisotopic (exact) mass is 439 g/mol. The number of halogens is 2. The summed E-state index contributed by atoms with van der Waals surface area (Å²) in [6.07, 6.45) is 0.122. The molecule has 0 bridgehead atoms. The molecule has 3 aliphatic heterocycles. The Morgan fingerprint density at radius 2 is 2.33 bits per heavy atom. The van der Waals surface area contributed by atoms with Gasteiger partial charge in [-0.3, -0.25) is 0 Å². The van der Waals surface area contributed by atoms with Crippen molar-refractivity contribution in [3.05, 3.63) is 22.7 Å². The van der Waals surface area contributed by atoms with Crippen LogP contribution in [0.1, 0.15) is 6.42 Å². The van der Waals surface area contributed by atoms with E-state index >= 15 is 0 Å². The molecule has 0 unspecified atom stereocenters. The number of likely N-dealkylation sites (N-methyl/N-ethyl adjacent to an activating group) is 1. The van der Waals surface area contributed by atoms with Gasteiger partial charge in [-0.2, -0.15) is 4.98 Å². The highest BCUT2D eigenvalue weighted by molar-refractivity contribution is 6.33. The van der Waals surface area contributed by atoms with Gasteiger partial charge < -0.3 is 34.5 Å². The fourth-order valence-electron chi connectivity index (χ4n) is 3.93. The zero-order valence-corrected chi connectivity index (χ0v) is 17.2. The predicted molar refractivity (Wildman–Crippen MR) is 108 cm³/mol. The number of anilines is 1. The number of nitrogens with one attached hydrogen (secondary N) is 2. The second-order valence-electron chi connectivity index (χ2n) is 7.89. The lowest BCUT2D eigenvalue weighted by Crippen LogP contribution is -2.43. The number of rotatable bonds is 5. The van der Waals surface area contributed by atoms with Crippen LogP contribution in [0.3, 0.4) is 0 Å². The molecule has 5 heterocycles. The molecule has 30 heavy (non-hydrogen) atoms. The first-order valence-electron chi connectivity index (χ1n) is 9.88. The van der Waals surface area contributed by atoms with E-state index in [0.29, 0.717) is 28.5 Å². The topological polar surface area (TPSA) is 105 Å². The van der Waals surface area contributed by atoms with Gasteiger partial charge in [-0.05, 0) is 19.5 Å². The minimum Gasteiger partial charge on any atom is -0.456 e.